The zero-order valence-corrected chi connectivity index (χ0v) is 13.5. The maximum absolute atomic E-state index is 12.4. The molecule has 1 N–H and O–H groups in total. The van der Waals surface area contributed by atoms with E-state index in [9.17, 15) is 4.79 Å². The first-order valence-corrected chi connectivity index (χ1v) is 8.37. The van der Waals surface area contributed by atoms with E-state index in [1.807, 2.05) is 18.2 Å². The third-order valence-corrected chi connectivity index (χ3v) is 4.85. The summed E-state index contributed by atoms with van der Waals surface area (Å²) >= 11 is 0. The zero-order valence-electron chi connectivity index (χ0n) is 13.5. The van der Waals surface area contributed by atoms with Gasteiger partial charge in [-0.2, -0.15) is 5.10 Å². The Bertz CT molecular complexity index is 1110. The maximum atomic E-state index is 12.4. The van der Waals surface area contributed by atoms with E-state index in [2.05, 4.69) is 34.5 Å². The van der Waals surface area contributed by atoms with E-state index < -0.39 is 0 Å². The van der Waals surface area contributed by atoms with Gasteiger partial charge in [0.25, 0.3) is 0 Å². The summed E-state index contributed by atoms with van der Waals surface area (Å²) in [6.45, 7) is 1.07. The van der Waals surface area contributed by atoms with Crippen LogP contribution in [0.2, 0.25) is 0 Å². The van der Waals surface area contributed by atoms with Crippen LogP contribution in [-0.2, 0) is 9.53 Å². The number of rotatable bonds is 2. The van der Waals surface area contributed by atoms with Crippen molar-refractivity contribution >= 4 is 38.4 Å². The monoisotopic (exact) mass is 332 g/mol. The van der Waals surface area contributed by atoms with E-state index in [0.717, 1.165) is 38.9 Å². The van der Waals surface area contributed by atoms with Crippen LogP contribution in [0, 0.1) is 5.92 Å². The number of nitrogens with zero attached hydrogens (tertiary/aromatic N) is 1. The van der Waals surface area contributed by atoms with Crippen molar-refractivity contribution in [3.05, 3.63) is 48.7 Å². The molecule has 2 heterocycles. The predicted octanol–water partition coefficient (Wildman–Crippen LogP) is 3.81. The predicted molar refractivity (Wildman–Crippen MR) is 95.7 cm³/mol. The first-order valence-electron chi connectivity index (χ1n) is 8.37. The van der Waals surface area contributed by atoms with Gasteiger partial charge < -0.3 is 9.47 Å². The van der Waals surface area contributed by atoms with Crippen molar-refractivity contribution in [1.82, 2.24) is 10.2 Å². The molecule has 0 aliphatic carbocycles. The molecule has 5 nitrogen and oxygen atoms in total. The molecule has 1 aliphatic heterocycles. The Morgan fingerprint density at radius 2 is 2.08 bits per heavy atom. The maximum Gasteiger partial charge on any atom is 0.316 e. The Morgan fingerprint density at radius 3 is 2.96 bits per heavy atom. The molecule has 1 fully saturated rings. The van der Waals surface area contributed by atoms with E-state index >= 15 is 0 Å². The van der Waals surface area contributed by atoms with Crippen molar-refractivity contribution in [2.75, 3.05) is 13.2 Å². The Labute approximate surface area is 143 Å². The lowest BCUT2D eigenvalue weighted by Gasteiger charge is -2.12. The van der Waals surface area contributed by atoms with Crippen molar-refractivity contribution in [2.24, 2.45) is 5.92 Å². The van der Waals surface area contributed by atoms with Gasteiger partial charge in [0, 0.05) is 17.4 Å². The average Bonchev–Trinajstić information content (AvgIpc) is 3.31. The molecule has 0 bridgehead atoms. The summed E-state index contributed by atoms with van der Waals surface area (Å²) in [5.41, 5.74) is 0.990. The Kier molecular flexibility index (Phi) is 3.21. The number of fused-ring (bicyclic) bond motifs is 4. The summed E-state index contributed by atoms with van der Waals surface area (Å²) in [5.74, 6) is 0.208. The topological polar surface area (TPSA) is 64.2 Å². The van der Waals surface area contributed by atoms with Gasteiger partial charge in [0.1, 0.15) is 5.75 Å². The summed E-state index contributed by atoms with van der Waals surface area (Å²) in [6, 6.07) is 14.1. The van der Waals surface area contributed by atoms with Gasteiger partial charge in [-0.3, -0.25) is 9.89 Å². The van der Waals surface area contributed by atoms with Gasteiger partial charge in [-0.1, -0.05) is 24.3 Å². The van der Waals surface area contributed by atoms with Crippen LogP contribution < -0.4 is 4.74 Å². The van der Waals surface area contributed by atoms with E-state index in [1.165, 1.54) is 0 Å². The normalized spacial score (nSPS) is 17.5. The molecule has 4 aromatic rings. The number of aromatic amines is 1. The molecule has 5 rings (SSSR count). The lowest BCUT2D eigenvalue weighted by molar-refractivity contribution is -0.138. The molecule has 1 saturated heterocycles. The molecule has 1 aromatic heterocycles. The number of carbonyl (C=O) groups excluding carboxylic acids is 1. The highest BCUT2D eigenvalue weighted by atomic mass is 16.5. The second-order valence-electron chi connectivity index (χ2n) is 6.43. The van der Waals surface area contributed by atoms with Gasteiger partial charge in [0.15, 0.2) is 0 Å². The van der Waals surface area contributed by atoms with Gasteiger partial charge >= 0.3 is 5.97 Å². The van der Waals surface area contributed by atoms with Gasteiger partial charge in [0.05, 0.1) is 24.2 Å². The van der Waals surface area contributed by atoms with E-state index in [-0.39, 0.29) is 11.9 Å². The number of ether oxygens (including phenoxy) is 2. The highest BCUT2D eigenvalue weighted by molar-refractivity contribution is 6.14. The van der Waals surface area contributed by atoms with Crippen molar-refractivity contribution in [3.8, 4) is 5.75 Å². The van der Waals surface area contributed by atoms with Crippen LogP contribution >= 0.6 is 0 Å². The van der Waals surface area contributed by atoms with Crippen LogP contribution in [0.4, 0.5) is 0 Å². The van der Waals surface area contributed by atoms with Crippen molar-refractivity contribution in [3.63, 3.8) is 0 Å². The number of hydrogen-bond acceptors (Lipinski definition) is 4. The Morgan fingerprint density at radius 1 is 1.16 bits per heavy atom. The summed E-state index contributed by atoms with van der Waals surface area (Å²) in [7, 11) is 0. The molecule has 1 unspecified atom stereocenters. The summed E-state index contributed by atoms with van der Waals surface area (Å²) in [5, 5.41) is 12.3. The summed E-state index contributed by atoms with van der Waals surface area (Å²) < 4.78 is 11.1. The largest absolute Gasteiger partial charge is 0.426 e. The molecule has 25 heavy (non-hydrogen) atoms. The molecule has 0 amide bonds. The van der Waals surface area contributed by atoms with Crippen molar-refractivity contribution < 1.29 is 14.3 Å². The minimum Gasteiger partial charge on any atom is -0.426 e. The summed E-state index contributed by atoms with van der Waals surface area (Å²) in [4.78, 5) is 12.4. The lowest BCUT2D eigenvalue weighted by atomic mass is 10.00. The quantitative estimate of drug-likeness (QED) is 0.344. The van der Waals surface area contributed by atoms with E-state index in [1.54, 1.807) is 6.20 Å². The third kappa shape index (κ3) is 2.36. The minimum absolute atomic E-state index is 0.175. The van der Waals surface area contributed by atoms with Gasteiger partial charge in [-0.25, -0.2) is 0 Å². The molecule has 5 heteroatoms. The van der Waals surface area contributed by atoms with Crippen LogP contribution in [0.5, 0.6) is 5.75 Å². The third-order valence-electron chi connectivity index (χ3n) is 4.85. The zero-order chi connectivity index (χ0) is 16.8. The highest BCUT2D eigenvalue weighted by Gasteiger charge is 2.26. The van der Waals surface area contributed by atoms with Crippen LogP contribution in [0.25, 0.3) is 32.4 Å². The number of nitrogens with one attached hydrogen (secondary N) is 1. The van der Waals surface area contributed by atoms with Crippen LogP contribution in [0.1, 0.15) is 6.42 Å². The number of carbonyl (C=O) groups is 1. The van der Waals surface area contributed by atoms with Crippen LogP contribution in [-0.4, -0.2) is 29.4 Å². The Hall–Kier alpha value is -2.92. The fraction of sp³-hybridized carbons (Fsp3) is 0.200. The average molecular weight is 332 g/mol. The molecule has 1 atom stereocenters. The number of hydrogen-bond donors (Lipinski definition) is 1. The molecule has 1 aliphatic rings. The SMILES string of the molecule is O=C(Oc1cccc2ccc3cc4[nH]ncc4cc3c12)C1CCOC1. The molecule has 0 saturated carbocycles. The van der Waals surface area contributed by atoms with Gasteiger partial charge in [0.2, 0.25) is 0 Å². The van der Waals surface area contributed by atoms with Crippen LogP contribution in [0.3, 0.4) is 0 Å². The Balaban J connectivity index is 1.70. The molecular weight excluding hydrogens is 316 g/mol. The molecular formula is C20H16N2O3. The van der Waals surface area contributed by atoms with Gasteiger partial charge in [-0.05, 0) is 40.8 Å². The minimum atomic E-state index is -0.216. The van der Waals surface area contributed by atoms with Crippen LogP contribution in [0.15, 0.2) is 48.7 Å². The first-order chi connectivity index (χ1) is 12.3. The molecule has 0 spiro atoms. The second kappa shape index (κ2) is 5.57. The summed E-state index contributed by atoms with van der Waals surface area (Å²) in [6.07, 6.45) is 2.53. The standard InChI is InChI=1S/C20H16N2O3/c23-20(14-6-7-24-11-14)25-18-3-1-2-12-4-5-13-9-17-15(10-21-22-17)8-16(13)19(12)18/h1-5,8-10,14H,6-7,11H2,(H,21,22). The van der Waals surface area contributed by atoms with Crippen molar-refractivity contribution in [1.29, 1.82) is 0 Å². The van der Waals surface area contributed by atoms with E-state index in [4.69, 9.17) is 9.47 Å². The smallest absolute Gasteiger partial charge is 0.316 e. The molecule has 0 radical (unpaired) electrons. The molecule has 3 aromatic carbocycles. The van der Waals surface area contributed by atoms with Crippen molar-refractivity contribution in [2.45, 2.75) is 6.42 Å². The highest BCUT2D eigenvalue weighted by Crippen LogP contribution is 2.35. The van der Waals surface area contributed by atoms with Gasteiger partial charge in [-0.15, -0.1) is 0 Å². The van der Waals surface area contributed by atoms with E-state index in [0.29, 0.717) is 19.0 Å². The lowest BCUT2D eigenvalue weighted by Crippen LogP contribution is -2.20. The fourth-order valence-corrected chi connectivity index (χ4v) is 3.51. The second-order valence-corrected chi connectivity index (χ2v) is 6.43. The number of H-pyrrole nitrogens is 1. The first kappa shape index (κ1) is 14.4. The number of aromatic nitrogens is 2. The fourth-order valence-electron chi connectivity index (χ4n) is 3.51. The molecule has 124 valence electrons. The number of benzene rings is 3. The number of esters is 1.